The van der Waals surface area contributed by atoms with Crippen LogP contribution in [0.1, 0.15) is 5.56 Å². The molecule has 0 radical (unpaired) electrons. The largest absolute Gasteiger partial charge is 0.378 e. The van der Waals surface area contributed by atoms with Gasteiger partial charge in [-0.25, -0.2) is 0 Å². The average Bonchev–Trinajstić information content (AvgIpc) is 2.47. The molecule has 1 heterocycles. The molecule has 1 N–H and O–H groups in total. The number of likely N-dealkylation sites (N-methyl/N-ethyl adjacent to an activating group) is 1. The van der Waals surface area contributed by atoms with Crippen LogP contribution in [0.15, 0.2) is 24.3 Å². The van der Waals surface area contributed by atoms with Crippen LogP contribution in [0.5, 0.6) is 0 Å². The van der Waals surface area contributed by atoms with E-state index in [0.29, 0.717) is 0 Å². The Balaban J connectivity index is 1.74. The Hall–Kier alpha value is -1.10. The van der Waals surface area contributed by atoms with Gasteiger partial charge in [0.2, 0.25) is 0 Å². The van der Waals surface area contributed by atoms with Gasteiger partial charge in [0.05, 0.1) is 0 Å². The molecule has 0 atom stereocenters. The number of anilines is 1. The molecule has 1 aromatic carbocycles. The zero-order valence-corrected chi connectivity index (χ0v) is 13.1. The van der Waals surface area contributed by atoms with Crippen molar-refractivity contribution in [2.24, 2.45) is 0 Å². The van der Waals surface area contributed by atoms with Crippen LogP contribution in [-0.2, 0) is 6.54 Å². The first-order valence-electron chi connectivity index (χ1n) is 7.53. The molecule has 0 aromatic heterocycles. The minimum absolute atomic E-state index is 1.03. The van der Waals surface area contributed by atoms with Gasteiger partial charge in [-0.15, -0.1) is 0 Å². The van der Waals surface area contributed by atoms with E-state index in [-0.39, 0.29) is 0 Å². The molecule has 1 aromatic rings. The van der Waals surface area contributed by atoms with Crippen molar-refractivity contribution >= 4 is 5.69 Å². The summed E-state index contributed by atoms with van der Waals surface area (Å²) in [5.74, 6) is 0. The number of piperazine rings is 1. The van der Waals surface area contributed by atoms with Gasteiger partial charge >= 0.3 is 0 Å². The number of hydrogen-bond donors (Lipinski definition) is 1. The molecule has 1 aliphatic heterocycles. The van der Waals surface area contributed by atoms with Crippen molar-refractivity contribution in [1.82, 2.24) is 15.1 Å². The molecule has 0 amide bonds. The fourth-order valence-electron chi connectivity index (χ4n) is 2.54. The first-order chi connectivity index (χ1) is 9.65. The molecule has 0 aliphatic carbocycles. The standard InChI is InChI=1S/C16H28N4/c1-18(2)16-6-4-15(5-7-16)14-19(3)12-13-20-10-8-17-9-11-20/h4-7,17H,8-14H2,1-3H3. The highest BCUT2D eigenvalue weighted by Crippen LogP contribution is 2.13. The van der Waals surface area contributed by atoms with Crippen molar-refractivity contribution in [2.45, 2.75) is 6.54 Å². The summed E-state index contributed by atoms with van der Waals surface area (Å²) in [4.78, 5) is 7.09. The van der Waals surface area contributed by atoms with E-state index in [1.807, 2.05) is 0 Å². The molecule has 1 aliphatic rings. The zero-order chi connectivity index (χ0) is 14.4. The average molecular weight is 276 g/mol. The first-order valence-corrected chi connectivity index (χ1v) is 7.53. The molecule has 1 fully saturated rings. The second-order valence-electron chi connectivity index (χ2n) is 5.89. The molecule has 1 saturated heterocycles. The van der Waals surface area contributed by atoms with Crippen molar-refractivity contribution < 1.29 is 0 Å². The Kier molecular flexibility index (Phi) is 5.83. The Bertz CT molecular complexity index is 382. The van der Waals surface area contributed by atoms with E-state index in [0.717, 1.165) is 26.2 Å². The molecule has 0 unspecified atom stereocenters. The Morgan fingerprint density at radius 1 is 1.05 bits per heavy atom. The normalized spacial score (nSPS) is 16.6. The van der Waals surface area contributed by atoms with E-state index >= 15 is 0 Å². The van der Waals surface area contributed by atoms with Gasteiger partial charge in [0, 0.05) is 65.6 Å². The third-order valence-electron chi connectivity index (χ3n) is 3.91. The van der Waals surface area contributed by atoms with Gasteiger partial charge < -0.3 is 15.1 Å². The van der Waals surface area contributed by atoms with Crippen molar-refractivity contribution in [3.63, 3.8) is 0 Å². The monoisotopic (exact) mass is 276 g/mol. The van der Waals surface area contributed by atoms with Gasteiger partial charge in [-0.2, -0.15) is 0 Å². The molecule has 112 valence electrons. The Labute approximate surface area is 123 Å². The first kappa shape index (κ1) is 15.3. The minimum atomic E-state index is 1.03. The predicted molar refractivity (Wildman–Crippen MR) is 86.4 cm³/mol. The second kappa shape index (κ2) is 7.62. The van der Waals surface area contributed by atoms with Crippen LogP contribution < -0.4 is 10.2 Å². The number of rotatable bonds is 6. The van der Waals surface area contributed by atoms with Crippen molar-refractivity contribution in [3.8, 4) is 0 Å². The lowest BCUT2D eigenvalue weighted by atomic mass is 10.2. The summed E-state index contributed by atoms with van der Waals surface area (Å²) in [6, 6.07) is 8.85. The Morgan fingerprint density at radius 2 is 1.70 bits per heavy atom. The van der Waals surface area contributed by atoms with E-state index in [4.69, 9.17) is 0 Å². The fraction of sp³-hybridized carbons (Fsp3) is 0.625. The molecule has 0 saturated carbocycles. The van der Waals surface area contributed by atoms with Gasteiger partial charge in [0.1, 0.15) is 0 Å². The lowest BCUT2D eigenvalue weighted by Gasteiger charge is -2.29. The van der Waals surface area contributed by atoms with Crippen molar-refractivity contribution in [2.75, 3.05) is 65.3 Å². The topological polar surface area (TPSA) is 21.8 Å². The van der Waals surface area contributed by atoms with Gasteiger partial charge in [0.15, 0.2) is 0 Å². The van der Waals surface area contributed by atoms with E-state index in [2.05, 4.69) is 65.4 Å². The number of nitrogens with one attached hydrogen (secondary N) is 1. The third-order valence-corrected chi connectivity index (χ3v) is 3.91. The van der Waals surface area contributed by atoms with Crippen LogP contribution in [-0.4, -0.2) is 70.2 Å². The van der Waals surface area contributed by atoms with E-state index in [1.165, 1.54) is 30.9 Å². The third kappa shape index (κ3) is 4.78. The summed E-state index contributed by atoms with van der Waals surface area (Å²) in [7, 11) is 6.37. The summed E-state index contributed by atoms with van der Waals surface area (Å²) >= 11 is 0. The van der Waals surface area contributed by atoms with Crippen LogP contribution in [0.4, 0.5) is 5.69 Å². The summed E-state index contributed by atoms with van der Waals surface area (Å²) < 4.78 is 0. The van der Waals surface area contributed by atoms with Crippen LogP contribution in [0.3, 0.4) is 0 Å². The van der Waals surface area contributed by atoms with Crippen LogP contribution in [0.25, 0.3) is 0 Å². The van der Waals surface area contributed by atoms with Crippen LogP contribution in [0.2, 0.25) is 0 Å². The van der Waals surface area contributed by atoms with Crippen molar-refractivity contribution in [1.29, 1.82) is 0 Å². The minimum Gasteiger partial charge on any atom is -0.378 e. The number of nitrogens with zero attached hydrogens (tertiary/aromatic N) is 3. The summed E-state index contributed by atoms with van der Waals surface area (Å²) in [6.07, 6.45) is 0. The maximum atomic E-state index is 3.40. The highest BCUT2D eigenvalue weighted by molar-refractivity contribution is 5.45. The molecule has 0 spiro atoms. The summed E-state index contributed by atoms with van der Waals surface area (Å²) in [6.45, 7) is 7.98. The smallest absolute Gasteiger partial charge is 0.0361 e. The molecule has 4 nitrogen and oxygen atoms in total. The van der Waals surface area contributed by atoms with Crippen LogP contribution in [0, 0.1) is 0 Å². The zero-order valence-electron chi connectivity index (χ0n) is 13.1. The quantitative estimate of drug-likeness (QED) is 0.839. The van der Waals surface area contributed by atoms with E-state index in [1.54, 1.807) is 0 Å². The number of hydrogen-bond acceptors (Lipinski definition) is 4. The Morgan fingerprint density at radius 3 is 2.30 bits per heavy atom. The van der Waals surface area contributed by atoms with Crippen LogP contribution >= 0.6 is 0 Å². The van der Waals surface area contributed by atoms with E-state index < -0.39 is 0 Å². The fourth-order valence-corrected chi connectivity index (χ4v) is 2.54. The van der Waals surface area contributed by atoms with E-state index in [9.17, 15) is 0 Å². The predicted octanol–water partition coefficient (Wildman–Crippen LogP) is 1.09. The lowest BCUT2D eigenvalue weighted by molar-refractivity contribution is 0.202. The van der Waals surface area contributed by atoms with Crippen molar-refractivity contribution in [3.05, 3.63) is 29.8 Å². The van der Waals surface area contributed by atoms with Gasteiger partial charge in [0.25, 0.3) is 0 Å². The molecular weight excluding hydrogens is 248 g/mol. The maximum absolute atomic E-state index is 3.40. The molecule has 0 bridgehead atoms. The lowest BCUT2D eigenvalue weighted by Crippen LogP contribution is -2.45. The SMILES string of the molecule is CN(CCN1CCNCC1)Cc1ccc(N(C)C)cc1. The highest BCUT2D eigenvalue weighted by atomic mass is 15.2. The van der Waals surface area contributed by atoms with Gasteiger partial charge in [-0.05, 0) is 24.7 Å². The highest BCUT2D eigenvalue weighted by Gasteiger charge is 2.10. The number of benzene rings is 1. The van der Waals surface area contributed by atoms with Gasteiger partial charge in [-0.3, -0.25) is 4.90 Å². The maximum Gasteiger partial charge on any atom is 0.0361 e. The molecule has 20 heavy (non-hydrogen) atoms. The second-order valence-corrected chi connectivity index (χ2v) is 5.89. The molecular formula is C16H28N4. The molecule has 4 heteroatoms. The molecule has 2 rings (SSSR count). The summed E-state index contributed by atoms with van der Waals surface area (Å²) in [5.41, 5.74) is 2.65. The van der Waals surface area contributed by atoms with Gasteiger partial charge in [-0.1, -0.05) is 12.1 Å². The summed E-state index contributed by atoms with van der Waals surface area (Å²) in [5, 5.41) is 3.40.